The SMILES string of the molecule is Cc1[nH]c2ccc(Cl)cc2c1CC=O. The highest BCUT2D eigenvalue weighted by Gasteiger charge is 2.07. The standard InChI is InChI=1S/C11H10ClNO/c1-7-9(4-5-14)10-6-8(12)2-3-11(10)13-7/h2-3,5-6,13H,4H2,1H3. The number of halogens is 1. The first-order chi connectivity index (χ1) is 6.72. The number of aryl methyl sites for hydroxylation is 1. The smallest absolute Gasteiger partial charge is 0.124 e. The fourth-order valence-corrected chi connectivity index (χ4v) is 1.87. The highest BCUT2D eigenvalue weighted by atomic mass is 35.5. The van der Waals surface area contributed by atoms with Crippen LogP contribution in [0.1, 0.15) is 11.3 Å². The van der Waals surface area contributed by atoms with Gasteiger partial charge in [-0.25, -0.2) is 0 Å². The maximum Gasteiger partial charge on any atom is 0.124 e. The highest BCUT2D eigenvalue weighted by Crippen LogP contribution is 2.25. The molecule has 2 nitrogen and oxygen atoms in total. The first kappa shape index (κ1) is 9.28. The van der Waals surface area contributed by atoms with Crippen molar-refractivity contribution in [3.63, 3.8) is 0 Å². The molecule has 0 unspecified atom stereocenters. The fraction of sp³-hybridized carbons (Fsp3) is 0.182. The minimum atomic E-state index is 0.437. The Labute approximate surface area is 86.9 Å². The van der Waals surface area contributed by atoms with Gasteiger partial charge in [-0.3, -0.25) is 0 Å². The molecule has 1 aromatic heterocycles. The molecule has 14 heavy (non-hydrogen) atoms. The van der Waals surface area contributed by atoms with E-state index in [1.165, 1.54) is 0 Å². The minimum absolute atomic E-state index is 0.437. The number of carbonyl (C=O) groups excluding carboxylic acids is 1. The first-order valence-corrected chi connectivity index (χ1v) is 4.80. The van der Waals surface area contributed by atoms with Crippen molar-refractivity contribution in [2.45, 2.75) is 13.3 Å². The van der Waals surface area contributed by atoms with E-state index in [-0.39, 0.29) is 0 Å². The Morgan fingerprint density at radius 1 is 1.50 bits per heavy atom. The Kier molecular flexibility index (Phi) is 2.30. The van der Waals surface area contributed by atoms with Crippen LogP contribution in [-0.4, -0.2) is 11.3 Å². The van der Waals surface area contributed by atoms with Gasteiger partial charge in [0.15, 0.2) is 0 Å². The summed E-state index contributed by atoms with van der Waals surface area (Å²) in [5.41, 5.74) is 3.11. The number of fused-ring (bicyclic) bond motifs is 1. The van der Waals surface area contributed by atoms with Crippen molar-refractivity contribution in [2.24, 2.45) is 0 Å². The number of benzene rings is 1. The summed E-state index contributed by atoms with van der Waals surface area (Å²) in [6, 6.07) is 5.66. The summed E-state index contributed by atoms with van der Waals surface area (Å²) in [6.45, 7) is 1.97. The molecule has 1 aromatic carbocycles. The molecule has 0 radical (unpaired) electrons. The van der Waals surface area contributed by atoms with E-state index in [1.807, 2.05) is 25.1 Å². The predicted molar refractivity (Wildman–Crippen MR) is 57.8 cm³/mol. The van der Waals surface area contributed by atoms with Crippen LogP contribution in [0.15, 0.2) is 18.2 Å². The van der Waals surface area contributed by atoms with Gasteiger partial charge in [0.1, 0.15) is 6.29 Å². The lowest BCUT2D eigenvalue weighted by molar-refractivity contribution is -0.107. The average Bonchev–Trinajstić information content (AvgIpc) is 2.45. The number of aldehydes is 1. The van der Waals surface area contributed by atoms with Gasteiger partial charge in [-0.05, 0) is 30.7 Å². The molecule has 0 fully saturated rings. The van der Waals surface area contributed by atoms with E-state index in [0.29, 0.717) is 11.4 Å². The highest BCUT2D eigenvalue weighted by molar-refractivity contribution is 6.31. The number of H-pyrrole nitrogens is 1. The van der Waals surface area contributed by atoms with Crippen LogP contribution in [0.2, 0.25) is 5.02 Å². The van der Waals surface area contributed by atoms with Crippen LogP contribution in [0.4, 0.5) is 0 Å². The van der Waals surface area contributed by atoms with Crippen molar-refractivity contribution in [1.29, 1.82) is 0 Å². The number of aromatic nitrogens is 1. The third kappa shape index (κ3) is 1.42. The van der Waals surface area contributed by atoms with E-state index in [2.05, 4.69) is 4.98 Å². The molecule has 0 spiro atoms. The average molecular weight is 208 g/mol. The van der Waals surface area contributed by atoms with Crippen LogP contribution in [0.3, 0.4) is 0 Å². The van der Waals surface area contributed by atoms with E-state index < -0.39 is 0 Å². The zero-order valence-electron chi connectivity index (χ0n) is 7.80. The fourth-order valence-electron chi connectivity index (χ4n) is 1.70. The van der Waals surface area contributed by atoms with Gasteiger partial charge in [0.05, 0.1) is 0 Å². The van der Waals surface area contributed by atoms with Crippen molar-refractivity contribution >= 4 is 28.8 Å². The molecular weight excluding hydrogens is 198 g/mol. The molecule has 1 heterocycles. The van der Waals surface area contributed by atoms with Crippen LogP contribution >= 0.6 is 11.6 Å². The van der Waals surface area contributed by atoms with Crippen molar-refractivity contribution in [3.05, 3.63) is 34.5 Å². The summed E-state index contributed by atoms with van der Waals surface area (Å²) in [6.07, 6.45) is 1.35. The topological polar surface area (TPSA) is 32.9 Å². The third-order valence-electron chi connectivity index (χ3n) is 2.37. The molecule has 0 aliphatic heterocycles. The largest absolute Gasteiger partial charge is 0.358 e. The Balaban J connectivity index is 2.72. The summed E-state index contributed by atoms with van der Waals surface area (Å²) in [5, 5.41) is 1.74. The molecule has 72 valence electrons. The predicted octanol–water partition coefficient (Wildman–Crippen LogP) is 2.87. The van der Waals surface area contributed by atoms with E-state index >= 15 is 0 Å². The summed E-state index contributed by atoms with van der Waals surface area (Å²) < 4.78 is 0. The third-order valence-corrected chi connectivity index (χ3v) is 2.60. The van der Waals surface area contributed by atoms with Gasteiger partial charge < -0.3 is 9.78 Å². The zero-order valence-corrected chi connectivity index (χ0v) is 8.56. The first-order valence-electron chi connectivity index (χ1n) is 4.42. The van der Waals surface area contributed by atoms with Crippen molar-refractivity contribution in [2.75, 3.05) is 0 Å². The summed E-state index contributed by atoms with van der Waals surface area (Å²) in [4.78, 5) is 13.7. The van der Waals surface area contributed by atoms with Crippen LogP contribution < -0.4 is 0 Å². The van der Waals surface area contributed by atoms with Gasteiger partial charge in [-0.2, -0.15) is 0 Å². The maximum absolute atomic E-state index is 10.5. The lowest BCUT2D eigenvalue weighted by Crippen LogP contribution is -1.86. The van der Waals surface area contributed by atoms with Gasteiger partial charge in [0.2, 0.25) is 0 Å². The Hall–Kier alpha value is -1.28. The maximum atomic E-state index is 10.5. The molecule has 3 heteroatoms. The molecule has 0 aliphatic carbocycles. The van der Waals surface area contributed by atoms with E-state index in [4.69, 9.17) is 11.6 Å². The number of hydrogen-bond acceptors (Lipinski definition) is 1. The summed E-state index contributed by atoms with van der Waals surface area (Å²) in [5.74, 6) is 0. The molecule has 2 aromatic rings. The normalized spacial score (nSPS) is 10.7. The molecule has 0 aliphatic rings. The van der Waals surface area contributed by atoms with Crippen LogP contribution in [0.5, 0.6) is 0 Å². The molecule has 0 saturated heterocycles. The summed E-state index contributed by atoms with van der Waals surface area (Å²) >= 11 is 5.90. The van der Waals surface area contributed by atoms with Crippen LogP contribution in [0, 0.1) is 6.92 Å². The Morgan fingerprint density at radius 2 is 2.29 bits per heavy atom. The lowest BCUT2D eigenvalue weighted by Gasteiger charge is -1.95. The molecule has 0 saturated carbocycles. The number of hydrogen-bond donors (Lipinski definition) is 1. The molecular formula is C11H10ClNO. The van der Waals surface area contributed by atoms with E-state index in [9.17, 15) is 4.79 Å². The monoisotopic (exact) mass is 207 g/mol. The van der Waals surface area contributed by atoms with Gasteiger partial charge >= 0.3 is 0 Å². The number of nitrogens with one attached hydrogen (secondary N) is 1. The molecule has 1 N–H and O–H groups in total. The number of aromatic amines is 1. The van der Waals surface area contributed by atoms with E-state index in [1.54, 1.807) is 0 Å². The summed E-state index contributed by atoms with van der Waals surface area (Å²) in [7, 11) is 0. The van der Waals surface area contributed by atoms with Crippen LogP contribution in [0.25, 0.3) is 10.9 Å². The van der Waals surface area contributed by atoms with Gasteiger partial charge in [0, 0.05) is 28.0 Å². The molecule has 2 rings (SSSR count). The van der Waals surface area contributed by atoms with Gasteiger partial charge in [-0.15, -0.1) is 0 Å². The quantitative estimate of drug-likeness (QED) is 0.755. The van der Waals surface area contributed by atoms with Crippen LogP contribution in [-0.2, 0) is 11.2 Å². The lowest BCUT2D eigenvalue weighted by atomic mass is 10.1. The Bertz CT molecular complexity index is 487. The molecule has 0 amide bonds. The second kappa shape index (κ2) is 3.46. The second-order valence-corrected chi connectivity index (χ2v) is 3.73. The second-order valence-electron chi connectivity index (χ2n) is 3.29. The van der Waals surface area contributed by atoms with Crippen molar-refractivity contribution in [3.8, 4) is 0 Å². The van der Waals surface area contributed by atoms with E-state index in [0.717, 1.165) is 28.4 Å². The Morgan fingerprint density at radius 3 is 3.00 bits per heavy atom. The number of carbonyl (C=O) groups is 1. The van der Waals surface area contributed by atoms with Gasteiger partial charge in [-0.1, -0.05) is 11.6 Å². The minimum Gasteiger partial charge on any atom is -0.358 e. The molecule has 0 bridgehead atoms. The number of rotatable bonds is 2. The van der Waals surface area contributed by atoms with Gasteiger partial charge in [0.25, 0.3) is 0 Å². The van der Waals surface area contributed by atoms with Crippen molar-refractivity contribution in [1.82, 2.24) is 4.98 Å². The zero-order chi connectivity index (χ0) is 10.1. The van der Waals surface area contributed by atoms with Crippen molar-refractivity contribution < 1.29 is 4.79 Å². The molecule has 0 atom stereocenters.